The van der Waals surface area contributed by atoms with E-state index in [4.69, 9.17) is 0 Å². The molecule has 2 aliphatic heterocycles. The van der Waals surface area contributed by atoms with Gasteiger partial charge in [-0.25, -0.2) is 0 Å². The first-order valence-corrected chi connectivity index (χ1v) is 24.6. The summed E-state index contributed by atoms with van der Waals surface area (Å²) < 4.78 is 19.3. The number of benzene rings is 9. The first kappa shape index (κ1) is 38.7. The minimum absolute atomic E-state index is 0.150. The largest absolute Gasteiger partial charge is 0.311 e. The smallest absolute Gasteiger partial charge is 0.171 e. The monoisotopic (exact) mass is 864 g/mol. The lowest BCUT2D eigenvalue weighted by molar-refractivity contribution is 0.590. The number of rotatable bonds is 6. The number of hydrogen-bond acceptors (Lipinski definition) is 2. The average molecular weight is 865 g/mol. The van der Waals surface area contributed by atoms with Crippen molar-refractivity contribution in [2.75, 3.05) is 4.90 Å². The van der Waals surface area contributed by atoms with E-state index in [1.165, 1.54) is 44.1 Å². The number of hydrogen-bond donors (Lipinski definition) is 0. The van der Waals surface area contributed by atoms with E-state index in [1.807, 2.05) is 18.2 Å². The molecule has 3 atom stereocenters. The van der Waals surface area contributed by atoms with Crippen molar-refractivity contribution >= 4 is 56.2 Å². The summed E-state index contributed by atoms with van der Waals surface area (Å²) in [5.41, 5.74) is 13.8. The minimum Gasteiger partial charge on any atom is -0.311 e. The standard InChI is InChI=1S/C62H45N2OP/c1-61(45-20-7-3-8-21-45)40-38-47(39-41-61)63(46-34-32-44(33-35-46)43-18-5-2-6-19-43)48-36-37-59-55(42-48)62(53-27-13-16-31-58(53)66(59,65)49-22-9-4-10-23-49)52-26-12-15-30-57(52)64-56-29-14-11-24-50(56)51-25-17-28-54(62)60(51)64/h2-40,42H,41H2,1H3. The number of nitrogens with zero attached hydrogens (tertiary/aromatic N) is 2. The Morgan fingerprint density at radius 2 is 1.12 bits per heavy atom. The molecule has 66 heavy (non-hydrogen) atoms. The molecule has 1 aliphatic carbocycles. The van der Waals surface area contributed by atoms with Crippen molar-refractivity contribution in [3.8, 4) is 16.8 Å². The number of allylic oxidation sites excluding steroid dienone is 3. The molecule has 0 fully saturated rings. The van der Waals surface area contributed by atoms with Gasteiger partial charge in [0.05, 0.1) is 22.1 Å². The Bertz CT molecular complexity index is 3660. The normalized spacial score (nSPS) is 20.1. The lowest BCUT2D eigenvalue weighted by atomic mass is 9.62. The Morgan fingerprint density at radius 1 is 0.515 bits per heavy atom. The van der Waals surface area contributed by atoms with Crippen LogP contribution in [-0.4, -0.2) is 4.57 Å². The molecule has 0 radical (unpaired) electrons. The van der Waals surface area contributed by atoms with Gasteiger partial charge in [0.25, 0.3) is 0 Å². The van der Waals surface area contributed by atoms with Gasteiger partial charge >= 0.3 is 0 Å². The number of aromatic nitrogens is 1. The zero-order valence-corrected chi connectivity index (χ0v) is 37.4. The maximum Gasteiger partial charge on any atom is 0.171 e. The van der Waals surface area contributed by atoms with Gasteiger partial charge in [0, 0.05) is 49.2 Å². The summed E-state index contributed by atoms with van der Waals surface area (Å²) >= 11 is 0. The van der Waals surface area contributed by atoms with Gasteiger partial charge in [-0.05, 0) is 93.9 Å². The zero-order valence-electron chi connectivity index (χ0n) is 36.6. The second-order valence-corrected chi connectivity index (χ2v) is 20.9. The molecule has 13 rings (SSSR count). The molecule has 3 unspecified atom stereocenters. The highest BCUT2D eigenvalue weighted by atomic mass is 31.2. The highest BCUT2D eigenvalue weighted by Gasteiger charge is 2.54. The van der Waals surface area contributed by atoms with Crippen LogP contribution in [0.2, 0.25) is 0 Å². The van der Waals surface area contributed by atoms with Crippen molar-refractivity contribution in [1.29, 1.82) is 0 Å². The number of fused-ring (bicyclic) bond motifs is 11. The lowest BCUT2D eigenvalue weighted by Gasteiger charge is -2.48. The maximum absolute atomic E-state index is 16.8. The molecule has 10 aromatic rings. The van der Waals surface area contributed by atoms with E-state index >= 15 is 4.57 Å². The number of anilines is 2. The van der Waals surface area contributed by atoms with Crippen molar-refractivity contribution in [2.45, 2.75) is 24.2 Å². The SMILES string of the molecule is CC1(c2ccccc2)C=CC(N(c2ccc(-c3ccccc3)cc2)c2ccc3c(c2)C2(c4ccccc4-n4c5ccccc5c5cccc2c54)c2ccccc2P3(=O)c2ccccc2)=CC1. The van der Waals surface area contributed by atoms with Gasteiger partial charge in [-0.3, -0.25) is 0 Å². The van der Waals surface area contributed by atoms with E-state index in [1.54, 1.807) is 0 Å². The van der Waals surface area contributed by atoms with Gasteiger partial charge in [-0.1, -0.05) is 201 Å². The predicted molar refractivity (Wildman–Crippen MR) is 275 cm³/mol. The lowest BCUT2D eigenvalue weighted by Crippen LogP contribution is -2.48. The van der Waals surface area contributed by atoms with E-state index in [2.05, 4.69) is 241 Å². The van der Waals surface area contributed by atoms with Gasteiger partial charge in [0.2, 0.25) is 0 Å². The van der Waals surface area contributed by atoms with Crippen LogP contribution in [0.5, 0.6) is 0 Å². The van der Waals surface area contributed by atoms with Gasteiger partial charge in [-0.15, -0.1) is 0 Å². The van der Waals surface area contributed by atoms with E-state index in [0.29, 0.717) is 0 Å². The molecule has 314 valence electrons. The summed E-state index contributed by atoms with van der Waals surface area (Å²) in [4.78, 5) is 2.41. The molecular formula is C62H45N2OP. The van der Waals surface area contributed by atoms with E-state index < -0.39 is 12.6 Å². The molecule has 0 saturated heterocycles. The third kappa shape index (κ3) is 5.41. The average Bonchev–Trinajstić information content (AvgIpc) is 3.73. The molecule has 0 amide bonds. The Hall–Kier alpha value is -7.71. The molecule has 3 nitrogen and oxygen atoms in total. The fourth-order valence-corrected chi connectivity index (χ4v) is 14.7. The molecular weight excluding hydrogens is 820 g/mol. The molecule has 9 aromatic carbocycles. The molecule has 4 heteroatoms. The maximum atomic E-state index is 16.8. The van der Waals surface area contributed by atoms with Crippen LogP contribution in [0, 0.1) is 0 Å². The van der Waals surface area contributed by atoms with Crippen LogP contribution in [0.15, 0.2) is 248 Å². The second-order valence-electron chi connectivity index (χ2n) is 18.2. The van der Waals surface area contributed by atoms with Crippen molar-refractivity contribution in [3.63, 3.8) is 0 Å². The van der Waals surface area contributed by atoms with Crippen LogP contribution >= 0.6 is 7.14 Å². The number of para-hydroxylation sites is 3. The summed E-state index contributed by atoms with van der Waals surface area (Å²) in [6, 6.07) is 80.5. The van der Waals surface area contributed by atoms with Crippen molar-refractivity contribution in [2.24, 2.45) is 0 Å². The highest BCUT2D eigenvalue weighted by Crippen LogP contribution is 2.61. The fraction of sp³-hybridized carbons (Fsp3) is 0.0645. The fourth-order valence-electron chi connectivity index (χ4n) is 11.6. The zero-order chi connectivity index (χ0) is 44.0. The van der Waals surface area contributed by atoms with Gasteiger partial charge in [-0.2, -0.15) is 0 Å². The topological polar surface area (TPSA) is 25.2 Å². The second kappa shape index (κ2) is 14.7. The molecule has 1 aromatic heterocycles. The Labute approximate surface area is 385 Å². The Balaban J connectivity index is 1.12. The molecule has 0 bridgehead atoms. The van der Waals surface area contributed by atoms with E-state index in [9.17, 15) is 0 Å². The Kier molecular flexibility index (Phi) is 8.60. The quantitative estimate of drug-likeness (QED) is 0.156. The minimum atomic E-state index is -3.44. The first-order chi connectivity index (χ1) is 32.5. The molecule has 0 N–H and O–H groups in total. The van der Waals surface area contributed by atoms with E-state index in [-0.39, 0.29) is 5.41 Å². The molecule has 1 spiro atoms. The summed E-state index contributed by atoms with van der Waals surface area (Å²) in [7, 11) is -3.44. The Morgan fingerprint density at radius 3 is 1.89 bits per heavy atom. The summed E-state index contributed by atoms with van der Waals surface area (Å²) in [5, 5.41) is 5.03. The van der Waals surface area contributed by atoms with Crippen LogP contribution in [-0.2, 0) is 15.4 Å². The van der Waals surface area contributed by atoms with Crippen LogP contribution in [0.1, 0.15) is 41.2 Å². The summed E-state index contributed by atoms with van der Waals surface area (Å²) in [6.45, 7) is 2.33. The summed E-state index contributed by atoms with van der Waals surface area (Å²) in [6.07, 6.45) is 7.91. The third-order valence-electron chi connectivity index (χ3n) is 14.7. The van der Waals surface area contributed by atoms with Crippen LogP contribution in [0.3, 0.4) is 0 Å². The van der Waals surface area contributed by atoms with Crippen molar-refractivity contribution < 1.29 is 4.57 Å². The third-order valence-corrected chi connectivity index (χ3v) is 17.8. The van der Waals surface area contributed by atoms with Crippen LogP contribution in [0.25, 0.3) is 38.6 Å². The van der Waals surface area contributed by atoms with Crippen molar-refractivity contribution in [1.82, 2.24) is 4.57 Å². The van der Waals surface area contributed by atoms with Gasteiger partial charge < -0.3 is 14.0 Å². The van der Waals surface area contributed by atoms with Gasteiger partial charge in [0.1, 0.15) is 0 Å². The van der Waals surface area contributed by atoms with Crippen LogP contribution < -0.4 is 20.8 Å². The highest BCUT2D eigenvalue weighted by molar-refractivity contribution is 7.85. The molecule has 3 aliphatic rings. The van der Waals surface area contributed by atoms with Gasteiger partial charge in [0.15, 0.2) is 7.14 Å². The van der Waals surface area contributed by atoms with E-state index in [0.717, 1.165) is 61.8 Å². The summed E-state index contributed by atoms with van der Waals surface area (Å²) in [5.74, 6) is 0. The molecule has 3 heterocycles. The predicted octanol–water partition coefficient (Wildman–Crippen LogP) is 14.0. The molecule has 0 saturated carbocycles. The van der Waals surface area contributed by atoms with Crippen LogP contribution in [0.4, 0.5) is 11.4 Å². The van der Waals surface area contributed by atoms with Crippen molar-refractivity contribution in [3.05, 3.63) is 276 Å². The first-order valence-electron chi connectivity index (χ1n) is 22.9.